The number of nitrogens with zero attached hydrogens (tertiary/aromatic N) is 4. The molecule has 2 aromatic heterocycles. The average molecular weight is 370 g/mol. The highest BCUT2D eigenvalue weighted by atomic mass is 35.5. The molecule has 0 bridgehead atoms. The number of hydrogen-bond acceptors (Lipinski definition) is 8. The molecule has 2 aromatic rings. The highest BCUT2D eigenvalue weighted by Crippen LogP contribution is 2.40. The van der Waals surface area contributed by atoms with Crippen molar-refractivity contribution in [2.24, 2.45) is 0 Å². The van der Waals surface area contributed by atoms with Crippen molar-refractivity contribution >= 4 is 39.8 Å². The molecule has 0 radical (unpaired) electrons. The van der Waals surface area contributed by atoms with Crippen LogP contribution in [-0.2, 0) is 4.74 Å². The Morgan fingerprint density at radius 3 is 3.00 bits per heavy atom. The smallest absolute Gasteiger partial charge is 0.206 e. The molecule has 2 aliphatic rings. The van der Waals surface area contributed by atoms with E-state index >= 15 is 0 Å². The fourth-order valence-electron chi connectivity index (χ4n) is 2.41. The van der Waals surface area contributed by atoms with Gasteiger partial charge in [-0.2, -0.15) is 0 Å². The van der Waals surface area contributed by atoms with Crippen LogP contribution in [0.2, 0.25) is 5.15 Å². The summed E-state index contributed by atoms with van der Waals surface area (Å²) in [5, 5.41) is 13.8. The van der Waals surface area contributed by atoms with Crippen LogP contribution < -0.4 is 5.32 Å². The highest BCUT2D eigenvalue weighted by molar-refractivity contribution is 8.01. The van der Waals surface area contributed by atoms with E-state index in [4.69, 9.17) is 16.3 Å². The van der Waals surface area contributed by atoms with Crippen LogP contribution in [0.4, 0.5) is 5.13 Å². The second kappa shape index (κ2) is 6.88. The number of ether oxygens (including phenoxy) is 1. The van der Waals surface area contributed by atoms with Crippen LogP contribution >= 0.6 is 34.7 Å². The molecular formula is C14H16ClN5OS2. The topological polar surface area (TPSA) is 72.8 Å². The summed E-state index contributed by atoms with van der Waals surface area (Å²) < 4.78 is 6.43. The zero-order chi connectivity index (χ0) is 15.6. The van der Waals surface area contributed by atoms with Crippen molar-refractivity contribution < 1.29 is 4.74 Å². The maximum absolute atomic E-state index is 6.09. The minimum Gasteiger partial charge on any atom is -0.376 e. The zero-order valence-corrected chi connectivity index (χ0v) is 14.8. The van der Waals surface area contributed by atoms with Gasteiger partial charge in [-0.25, -0.2) is 9.97 Å². The second-order valence-electron chi connectivity index (χ2n) is 5.65. The van der Waals surface area contributed by atoms with E-state index in [1.807, 2.05) is 0 Å². The van der Waals surface area contributed by atoms with Gasteiger partial charge in [-0.3, -0.25) is 0 Å². The lowest BCUT2D eigenvalue weighted by Gasteiger charge is -2.08. The molecule has 4 rings (SSSR count). The Labute approximate surface area is 147 Å². The Kier molecular flexibility index (Phi) is 4.66. The molecule has 1 saturated heterocycles. The molecule has 0 spiro atoms. The van der Waals surface area contributed by atoms with Gasteiger partial charge in [0, 0.05) is 25.1 Å². The zero-order valence-electron chi connectivity index (χ0n) is 12.4. The van der Waals surface area contributed by atoms with E-state index in [-0.39, 0.29) is 6.10 Å². The molecule has 1 aliphatic heterocycles. The molecular weight excluding hydrogens is 354 g/mol. The van der Waals surface area contributed by atoms with Crippen molar-refractivity contribution in [3.05, 3.63) is 17.0 Å². The number of hydrogen-bond donors (Lipinski definition) is 1. The monoisotopic (exact) mass is 369 g/mol. The van der Waals surface area contributed by atoms with Crippen molar-refractivity contribution in [3.63, 3.8) is 0 Å². The van der Waals surface area contributed by atoms with Crippen molar-refractivity contribution in [1.29, 1.82) is 0 Å². The van der Waals surface area contributed by atoms with E-state index in [1.54, 1.807) is 6.07 Å². The van der Waals surface area contributed by atoms with Crippen LogP contribution in [0.3, 0.4) is 0 Å². The maximum atomic E-state index is 6.09. The van der Waals surface area contributed by atoms with E-state index < -0.39 is 0 Å². The van der Waals surface area contributed by atoms with E-state index in [0.29, 0.717) is 11.1 Å². The number of nitrogens with one attached hydrogen (secondary N) is 1. The number of rotatable bonds is 6. The van der Waals surface area contributed by atoms with Crippen molar-refractivity contribution in [1.82, 2.24) is 20.2 Å². The Morgan fingerprint density at radius 1 is 1.30 bits per heavy atom. The summed E-state index contributed by atoms with van der Waals surface area (Å²) in [5.74, 6) is 1.33. The standard InChI is InChI=1S/C14H16ClN5OS2/c15-10-6-11(18-12(17-10)8-3-4-8)22-14-20-19-13(23-14)16-7-9-2-1-5-21-9/h6,8-9H,1-5,7H2,(H,16,19). The normalized spacial score (nSPS) is 20.8. The third kappa shape index (κ3) is 4.12. The molecule has 9 heteroatoms. The second-order valence-corrected chi connectivity index (χ2v) is 8.28. The van der Waals surface area contributed by atoms with E-state index in [0.717, 1.165) is 59.2 Å². The van der Waals surface area contributed by atoms with Crippen molar-refractivity contribution in [3.8, 4) is 0 Å². The minimum atomic E-state index is 0.289. The van der Waals surface area contributed by atoms with Crippen LogP contribution in [0.1, 0.15) is 37.4 Å². The lowest BCUT2D eigenvalue weighted by Crippen LogP contribution is -2.18. The Hall–Kier alpha value is -0.960. The molecule has 6 nitrogen and oxygen atoms in total. The lowest BCUT2D eigenvalue weighted by atomic mass is 10.2. The number of halogens is 1. The highest BCUT2D eigenvalue weighted by Gasteiger charge is 2.27. The Balaban J connectivity index is 1.39. The van der Waals surface area contributed by atoms with E-state index in [9.17, 15) is 0 Å². The Bertz CT molecular complexity index is 688. The van der Waals surface area contributed by atoms with Gasteiger partial charge in [-0.15, -0.1) is 10.2 Å². The van der Waals surface area contributed by atoms with Crippen LogP contribution in [0.25, 0.3) is 0 Å². The molecule has 1 N–H and O–H groups in total. The molecule has 1 unspecified atom stereocenters. The molecule has 1 saturated carbocycles. The summed E-state index contributed by atoms with van der Waals surface area (Å²) in [4.78, 5) is 8.87. The van der Waals surface area contributed by atoms with E-state index in [1.165, 1.54) is 23.1 Å². The van der Waals surface area contributed by atoms with Gasteiger partial charge in [0.25, 0.3) is 0 Å². The molecule has 0 amide bonds. The third-order valence-corrected chi connectivity index (χ3v) is 5.78. The molecule has 2 fully saturated rings. The van der Waals surface area contributed by atoms with Gasteiger partial charge in [0.15, 0.2) is 4.34 Å². The van der Waals surface area contributed by atoms with Crippen LogP contribution in [0, 0.1) is 0 Å². The van der Waals surface area contributed by atoms with Crippen molar-refractivity contribution in [2.75, 3.05) is 18.5 Å². The lowest BCUT2D eigenvalue weighted by molar-refractivity contribution is 0.120. The first kappa shape index (κ1) is 15.6. The Morgan fingerprint density at radius 2 is 2.22 bits per heavy atom. The van der Waals surface area contributed by atoms with Crippen LogP contribution in [0.5, 0.6) is 0 Å². The van der Waals surface area contributed by atoms with Gasteiger partial charge >= 0.3 is 0 Å². The first-order chi connectivity index (χ1) is 11.3. The minimum absolute atomic E-state index is 0.289. The number of anilines is 1. The fourth-order valence-corrected chi connectivity index (χ4v) is 4.38. The summed E-state index contributed by atoms with van der Waals surface area (Å²) in [6, 6.07) is 1.78. The van der Waals surface area contributed by atoms with Gasteiger partial charge in [0.1, 0.15) is 16.0 Å². The van der Waals surface area contributed by atoms with E-state index in [2.05, 4.69) is 25.5 Å². The van der Waals surface area contributed by atoms with Crippen LogP contribution in [0.15, 0.2) is 15.4 Å². The number of aromatic nitrogens is 4. The summed E-state index contributed by atoms with van der Waals surface area (Å²) in [7, 11) is 0. The van der Waals surface area contributed by atoms with Gasteiger partial charge in [-0.05, 0) is 37.4 Å². The first-order valence-electron chi connectivity index (χ1n) is 7.67. The largest absolute Gasteiger partial charge is 0.376 e. The van der Waals surface area contributed by atoms with Gasteiger partial charge in [-0.1, -0.05) is 22.9 Å². The molecule has 0 aromatic carbocycles. The first-order valence-corrected chi connectivity index (χ1v) is 9.69. The SMILES string of the molecule is Clc1cc(Sc2nnc(NCC3CCCO3)s2)nc(C2CC2)n1. The maximum Gasteiger partial charge on any atom is 0.206 e. The fraction of sp³-hybridized carbons (Fsp3) is 0.571. The molecule has 1 atom stereocenters. The molecule has 122 valence electrons. The average Bonchev–Trinajstić information content (AvgIpc) is 3.07. The predicted molar refractivity (Wildman–Crippen MR) is 90.5 cm³/mol. The predicted octanol–water partition coefficient (Wildman–Crippen LogP) is 3.60. The molecule has 23 heavy (non-hydrogen) atoms. The summed E-state index contributed by atoms with van der Waals surface area (Å²) >= 11 is 9.09. The summed E-state index contributed by atoms with van der Waals surface area (Å²) in [6.07, 6.45) is 4.84. The summed E-state index contributed by atoms with van der Waals surface area (Å²) in [5.41, 5.74) is 0. The van der Waals surface area contributed by atoms with Gasteiger partial charge in [0.05, 0.1) is 6.10 Å². The molecule has 1 aliphatic carbocycles. The summed E-state index contributed by atoms with van der Waals surface area (Å²) in [6.45, 7) is 1.64. The quantitative estimate of drug-likeness (QED) is 0.780. The molecule has 3 heterocycles. The van der Waals surface area contributed by atoms with Crippen molar-refractivity contribution in [2.45, 2.75) is 47.1 Å². The van der Waals surface area contributed by atoms with Crippen LogP contribution in [-0.4, -0.2) is 39.4 Å². The van der Waals surface area contributed by atoms with Gasteiger partial charge in [0.2, 0.25) is 5.13 Å². The third-order valence-electron chi connectivity index (χ3n) is 3.73. The van der Waals surface area contributed by atoms with Gasteiger partial charge < -0.3 is 10.1 Å².